The van der Waals surface area contributed by atoms with Gasteiger partial charge < -0.3 is 25.2 Å². The number of likely N-dealkylation sites (tertiary alicyclic amines) is 2. The first-order valence-corrected chi connectivity index (χ1v) is 15.9. The summed E-state index contributed by atoms with van der Waals surface area (Å²) in [5.74, 6) is -1.80. The molecule has 0 radical (unpaired) electrons. The van der Waals surface area contributed by atoms with Gasteiger partial charge in [-0.3, -0.25) is 19.2 Å². The molecular weight excluding hydrogens is 766 g/mol. The Hall–Kier alpha value is -2.75. The van der Waals surface area contributed by atoms with Gasteiger partial charge in [0.25, 0.3) is 5.91 Å². The van der Waals surface area contributed by atoms with Crippen LogP contribution in [0.2, 0.25) is 0 Å². The number of halogens is 2. The number of carbonyl (C=O) groups is 5. The molecule has 2 heterocycles. The van der Waals surface area contributed by atoms with Crippen molar-refractivity contribution in [1.29, 1.82) is 0 Å². The van der Waals surface area contributed by atoms with E-state index in [1.807, 2.05) is 20.8 Å². The van der Waals surface area contributed by atoms with E-state index in [9.17, 15) is 24.0 Å². The van der Waals surface area contributed by atoms with Gasteiger partial charge in [-0.2, -0.15) is 0 Å². The molecule has 2 saturated heterocycles. The van der Waals surface area contributed by atoms with Gasteiger partial charge in [-0.1, -0.05) is 20.8 Å². The van der Waals surface area contributed by atoms with Crippen molar-refractivity contribution in [1.82, 2.24) is 9.80 Å². The van der Waals surface area contributed by atoms with Gasteiger partial charge in [-0.15, -0.1) is 0 Å². The Morgan fingerprint density at radius 2 is 1.26 bits per heavy atom. The fourth-order valence-electron chi connectivity index (χ4n) is 5.29. The molecule has 0 aliphatic carbocycles. The summed E-state index contributed by atoms with van der Waals surface area (Å²) in [6, 6.07) is 8.79. The fraction of sp³-hybridized carbons (Fsp3) is 0.433. The Morgan fingerprint density at radius 3 is 1.79 bits per heavy atom. The number of benzene rings is 2. The third-order valence-corrected chi connectivity index (χ3v) is 8.73. The SMILES string of the molecule is COC(=O)c1cc(I)ccc1NC(=O)[C@H]1CCCN1C(=O)c1cc(I)ccc1NC(=O)[C@@H]1CCCN1C(=O)C(C)(C)C. The molecule has 42 heavy (non-hydrogen) atoms. The lowest BCUT2D eigenvalue weighted by Gasteiger charge is -2.30. The Morgan fingerprint density at radius 1 is 0.786 bits per heavy atom. The maximum absolute atomic E-state index is 13.9. The summed E-state index contributed by atoms with van der Waals surface area (Å²) in [5.41, 5.74) is 0.513. The highest BCUT2D eigenvalue weighted by Gasteiger charge is 2.40. The van der Waals surface area contributed by atoms with Gasteiger partial charge in [0.15, 0.2) is 0 Å². The van der Waals surface area contributed by atoms with Crippen molar-refractivity contribution in [2.75, 3.05) is 30.8 Å². The average molecular weight is 800 g/mol. The molecule has 2 fully saturated rings. The van der Waals surface area contributed by atoms with Crippen molar-refractivity contribution >= 4 is 86.2 Å². The number of hydrogen-bond acceptors (Lipinski definition) is 6. The first-order chi connectivity index (χ1) is 19.8. The molecule has 2 aliphatic rings. The maximum Gasteiger partial charge on any atom is 0.340 e. The summed E-state index contributed by atoms with van der Waals surface area (Å²) in [4.78, 5) is 69.2. The average Bonchev–Trinajstić information content (AvgIpc) is 3.63. The van der Waals surface area contributed by atoms with Crippen LogP contribution in [-0.4, -0.2) is 71.7 Å². The topological polar surface area (TPSA) is 125 Å². The summed E-state index contributed by atoms with van der Waals surface area (Å²) < 4.78 is 6.47. The van der Waals surface area contributed by atoms with Crippen LogP contribution in [-0.2, 0) is 19.1 Å². The summed E-state index contributed by atoms with van der Waals surface area (Å²) in [7, 11) is 1.27. The summed E-state index contributed by atoms with van der Waals surface area (Å²) in [5, 5.41) is 5.71. The number of anilines is 2. The van der Waals surface area contributed by atoms with E-state index in [-0.39, 0.29) is 28.8 Å². The van der Waals surface area contributed by atoms with E-state index < -0.39 is 29.4 Å². The zero-order chi connectivity index (χ0) is 30.8. The van der Waals surface area contributed by atoms with E-state index in [1.54, 1.807) is 41.3 Å². The van der Waals surface area contributed by atoms with Crippen LogP contribution in [0.3, 0.4) is 0 Å². The first kappa shape index (κ1) is 32.2. The molecule has 12 heteroatoms. The van der Waals surface area contributed by atoms with Crippen molar-refractivity contribution in [2.24, 2.45) is 5.41 Å². The number of hydrogen-bond donors (Lipinski definition) is 2. The molecule has 4 amide bonds. The Balaban J connectivity index is 1.55. The van der Waals surface area contributed by atoms with E-state index in [1.165, 1.54) is 12.0 Å². The lowest BCUT2D eigenvalue weighted by molar-refractivity contribution is -0.143. The van der Waals surface area contributed by atoms with Gasteiger partial charge in [-0.25, -0.2) is 4.79 Å². The molecule has 0 spiro atoms. The van der Waals surface area contributed by atoms with Crippen LogP contribution in [0.4, 0.5) is 11.4 Å². The van der Waals surface area contributed by atoms with Crippen LogP contribution in [0.15, 0.2) is 36.4 Å². The molecule has 2 N–H and O–H groups in total. The summed E-state index contributed by atoms with van der Waals surface area (Å²) >= 11 is 4.17. The quantitative estimate of drug-likeness (QED) is 0.317. The molecule has 0 aromatic heterocycles. The molecule has 2 aliphatic heterocycles. The van der Waals surface area contributed by atoms with Crippen molar-refractivity contribution in [3.8, 4) is 0 Å². The number of ether oxygens (including phenoxy) is 1. The highest BCUT2D eigenvalue weighted by molar-refractivity contribution is 14.1. The molecular formula is C30H34I2N4O6. The van der Waals surface area contributed by atoms with E-state index in [4.69, 9.17) is 4.74 Å². The van der Waals surface area contributed by atoms with Crippen LogP contribution in [0.5, 0.6) is 0 Å². The Kier molecular flexibility index (Phi) is 10.2. The molecule has 2 aromatic carbocycles. The fourth-order valence-corrected chi connectivity index (χ4v) is 6.27. The van der Waals surface area contributed by atoms with Crippen LogP contribution < -0.4 is 10.6 Å². The number of nitrogens with zero attached hydrogens (tertiary/aromatic N) is 2. The highest BCUT2D eigenvalue weighted by atomic mass is 127. The molecule has 4 rings (SSSR count). The third kappa shape index (κ3) is 7.06. The van der Waals surface area contributed by atoms with Crippen LogP contribution in [0, 0.1) is 12.6 Å². The molecule has 0 saturated carbocycles. The van der Waals surface area contributed by atoms with Gasteiger partial charge in [-0.05, 0) is 107 Å². The number of nitrogens with one attached hydrogen (secondary N) is 2. The zero-order valence-electron chi connectivity index (χ0n) is 24.0. The minimum absolute atomic E-state index is 0.0894. The van der Waals surface area contributed by atoms with Crippen LogP contribution >= 0.6 is 45.2 Å². The minimum atomic E-state index is -0.765. The predicted molar refractivity (Wildman–Crippen MR) is 175 cm³/mol. The van der Waals surface area contributed by atoms with E-state index >= 15 is 0 Å². The third-order valence-electron chi connectivity index (χ3n) is 7.39. The molecule has 10 nitrogen and oxygen atoms in total. The van der Waals surface area contributed by atoms with Crippen LogP contribution in [0.1, 0.15) is 67.2 Å². The van der Waals surface area contributed by atoms with Crippen molar-refractivity contribution in [3.63, 3.8) is 0 Å². The summed E-state index contributed by atoms with van der Waals surface area (Å²) in [6.45, 7) is 6.36. The molecule has 0 bridgehead atoms. The van der Waals surface area contributed by atoms with E-state index in [0.29, 0.717) is 43.7 Å². The van der Waals surface area contributed by atoms with Crippen molar-refractivity contribution in [3.05, 3.63) is 54.7 Å². The number of rotatable bonds is 6. The second kappa shape index (κ2) is 13.3. The smallest absolute Gasteiger partial charge is 0.340 e. The van der Waals surface area contributed by atoms with Gasteiger partial charge >= 0.3 is 5.97 Å². The minimum Gasteiger partial charge on any atom is -0.465 e. The zero-order valence-corrected chi connectivity index (χ0v) is 28.3. The number of esters is 1. The second-order valence-corrected chi connectivity index (χ2v) is 13.9. The van der Waals surface area contributed by atoms with Gasteiger partial charge in [0, 0.05) is 25.6 Å². The maximum atomic E-state index is 13.9. The lowest BCUT2D eigenvalue weighted by atomic mass is 9.94. The lowest BCUT2D eigenvalue weighted by Crippen LogP contribution is -2.47. The standard InChI is InChI=1S/C30H34I2N4O6/c1-30(2,3)29(41)36-14-6-8-24(36)26(38)33-21-11-9-17(31)15-19(21)27(39)35-13-5-7-23(35)25(37)34-22-12-10-18(32)16-20(22)28(40)42-4/h9-12,15-16,23-24H,5-8,13-14H2,1-4H3,(H,33,38)(H,34,37)/t23-,24+/m1/s1. The monoisotopic (exact) mass is 800 g/mol. The van der Waals surface area contributed by atoms with Gasteiger partial charge in [0.1, 0.15) is 12.1 Å². The van der Waals surface area contributed by atoms with E-state index in [0.717, 1.165) is 13.6 Å². The second-order valence-electron chi connectivity index (χ2n) is 11.4. The first-order valence-electron chi connectivity index (χ1n) is 13.7. The van der Waals surface area contributed by atoms with Crippen molar-refractivity contribution < 1.29 is 28.7 Å². The normalized spacial score (nSPS) is 18.5. The highest BCUT2D eigenvalue weighted by Crippen LogP contribution is 2.30. The number of carbonyl (C=O) groups excluding carboxylic acids is 5. The number of methoxy groups -OCH3 is 1. The molecule has 2 aromatic rings. The molecule has 2 atom stereocenters. The summed E-state index contributed by atoms with van der Waals surface area (Å²) in [6.07, 6.45) is 2.34. The van der Waals surface area contributed by atoms with Gasteiger partial charge in [0.05, 0.1) is 29.6 Å². The predicted octanol–water partition coefficient (Wildman–Crippen LogP) is 4.90. The Labute approximate surface area is 272 Å². The Bertz CT molecular complexity index is 1420. The van der Waals surface area contributed by atoms with Crippen molar-refractivity contribution in [2.45, 2.75) is 58.5 Å². The largest absolute Gasteiger partial charge is 0.465 e. The van der Waals surface area contributed by atoms with Gasteiger partial charge in [0.2, 0.25) is 17.7 Å². The molecule has 0 unspecified atom stereocenters. The van der Waals surface area contributed by atoms with E-state index in [2.05, 4.69) is 55.8 Å². The molecule has 224 valence electrons. The van der Waals surface area contributed by atoms with Crippen LogP contribution in [0.25, 0.3) is 0 Å². The number of amides is 4.